The Labute approximate surface area is 337 Å². The number of nitrogens with zero attached hydrogens (tertiary/aromatic N) is 3. The summed E-state index contributed by atoms with van der Waals surface area (Å²) >= 11 is 0. The van der Waals surface area contributed by atoms with Gasteiger partial charge in [-0.15, -0.1) is 0 Å². The molecule has 6 aromatic carbocycles. The van der Waals surface area contributed by atoms with Crippen molar-refractivity contribution in [1.82, 2.24) is 14.5 Å². The van der Waals surface area contributed by atoms with Gasteiger partial charge in [-0.1, -0.05) is 132 Å². The van der Waals surface area contributed by atoms with Gasteiger partial charge >= 0.3 is 0 Å². The molecule has 0 saturated carbocycles. The first kappa shape index (κ1) is 37.7. The van der Waals surface area contributed by atoms with Crippen molar-refractivity contribution in [2.24, 2.45) is 0 Å². The Bertz CT molecular complexity index is 2780. The summed E-state index contributed by atoms with van der Waals surface area (Å²) < 4.78 is 2.23. The van der Waals surface area contributed by atoms with Crippen LogP contribution in [0.1, 0.15) is 69.4 Å². The van der Waals surface area contributed by atoms with E-state index in [1.807, 2.05) is 25.3 Å². The number of fused-ring (bicyclic) bond motifs is 1. The van der Waals surface area contributed by atoms with E-state index >= 15 is 0 Å². The van der Waals surface area contributed by atoms with E-state index in [2.05, 4.69) is 181 Å². The number of rotatable bonds is 6. The van der Waals surface area contributed by atoms with Gasteiger partial charge in [-0.05, 0) is 130 Å². The SMILES string of the molecule is Cc1ccc(-c2ccnc(-c3cc(-c4cccc5c4nc(-c4cc(C)cc(C)c4O)n5-c4ccc(-c5ccccc5)c(C(C)(C)C)c4)cc(C(C)(C)C)c3)c2)cc1. The highest BCUT2D eigenvalue weighted by molar-refractivity contribution is 5.97. The smallest absolute Gasteiger partial charge is 0.149 e. The average Bonchev–Trinajstić information content (AvgIpc) is 3.58. The number of hydrogen-bond donors (Lipinski definition) is 1. The number of phenols is 1. The topological polar surface area (TPSA) is 50.9 Å². The maximum atomic E-state index is 11.7. The van der Waals surface area contributed by atoms with Gasteiger partial charge in [-0.3, -0.25) is 9.55 Å². The van der Waals surface area contributed by atoms with Gasteiger partial charge in [0.15, 0.2) is 0 Å². The molecular formula is C53H51N3O. The zero-order valence-electron chi connectivity index (χ0n) is 34.6. The van der Waals surface area contributed by atoms with E-state index in [9.17, 15) is 5.11 Å². The molecule has 0 spiro atoms. The third kappa shape index (κ3) is 7.29. The molecule has 284 valence electrons. The summed E-state index contributed by atoms with van der Waals surface area (Å²) in [5.41, 5.74) is 17.6. The third-order valence-electron chi connectivity index (χ3n) is 11.1. The lowest BCUT2D eigenvalue weighted by Gasteiger charge is -2.25. The van der Waals surface area contributed by atoms with Crippen LogP contribution in [0.5, 0.6) is 5.75 Å². The molecule has 8 rings (SSSR count). The highest BCUT2D eigenvalue weighted by Crippen LogP contribution is 2.42. The van der Waals surface area contributed by atoms with Gasteiger partial charge in [0, 0.05) is 23.0 Å². The zero-order chi connectivity index (χ0) is 40.2. The molecule has 1 N–H and O–H groups in total. The van der Waals surface area contributed by atoms with Crippen LogP contribution in [0.25, 0.3) is 72.7 Å². The largest absolute Gasteiger partial charge is 0.507 e. The van der Waals surface area contributed by atoms with Crippen molar-refractivity contribution in [3.8, 4) is 67.5 Å². The Morgan fingerprint density at radius 2 is 1.26 bits per heavy atom. The lowest BCUT2D eigenvalue weighted by Crippen LogP contribution is -2.14. The van der Waals surface area contributed by atoms with Crippen LogP contribution in [0, 0.1) is 20.8 Å². The first-order valence-electron chi connectivity index (χ1n) is 19.9. The maximum Gasteiger partial charge on any atom is 0.149 e. The van der Waals surface area contributed by atoms with Crippen molar-refractivity contribution in [3.63, 3.8) is 0 Å². The van der Waals surface area contributed by atoms with Crippen LogP contribution in [0.15, 0.2) is 140 Å². The number of phenolic OH excluding ortho intramolecular Hbond substituents is 1. The zero-order valence-corrected chi connectivity index (χ0v) is 34.6. The molecule has 0 aliphatic rings. The van der Waals surface area contributed by atoms with Gasteiger partial charge in [0.25, 0.3) is 0 Å². The molecule has 0 amide bonds. The highest BCUT2D eigenvalue weighted by Gasteiger charge is 2.25. The van der Waals surface area contributed by atoms with Crippen LogP contribution in [0.4, 0.5) is 0 Å². The van der Waals surface area contributed by atoms with Crippen LogP contribution in [0.2, 0.25) is 0 Å². The Morgan fingerprint density at radius 3 is 1.98 bits per heavy atom. The van der Waals surface area contributed by atoms with Gasteiger partial charge in [0.2, 0.25) is 0 Å². The molecule has 0 bridgehead atoms. The fourth-order valence-corrected chi connectivity index (χ4v) is 7.94. The minimum Gasteiger partial charge on any atom is -0.507 e. The summed E-state index contributed by atoms with van der Waals surface area (Å²) in [4.78, 5) is 10.4. The number of benzene rings is 6. The fourth-order valence-electron chi connectivity index (χ4n) is 7.94. The second-order valence-electron chi connectivity index (χ2n) is 17.6. The number of para-hydroxylation sites is 1. The molecule has 0 aliphatic carbocycles. The number of aromatic nitrogens is 3. The number of hydrogen-bond acceptors (Lipinski definition) is 3. The average molecular weight is 746 g/mol. The molecule has 0 fully saturated rings. The molecule has 0 unspecified atom stereocenters. The van der Waals surface area contributed by atoms with Crippen LogP contribution >= 0.6 is 0 Å². The third-order valence-corrected chi connectivity index (χ3v) is 11.1. The van der Waals surface area contributed by atoms with E-state index in [1.165, 1.54) is 33.4 Å². The van der Waals surface area contributed by atoms with E-state index < -0.39 is 0 Å². The minimum absolute atomic E-state index is 0.119. The Kier molecular flexibility index (Phi) is 9.48. The second-order valence-corrected chi connectivity index (χ2v) is 17.6. The van der Waals surface area contributed by atoms with Crippen LogP contribution in [-0.4, -0.2) is 19.6 Å². The summed E-state index contributed by atoms with van der Waals surface area (Å²) in [6, 6.07) is 47.6. The van der Waals surface area contributed by atoms with Crippen LogP contribution < -0.4 is 0 Å². The molecule has 0 saturated heterocycles. The number of pyridine rings is 1. The second kappa shape index (κ2) is 14.4. The van der Waals surface area contributed by atoms with E-state index in [0.717, 1.165) is 55.8 Å². The first-order chi connectivity index (χ1) is 27.2. The maximum absolute atomic E-state index is 11.7. The van der Waals surface area contributed by atoms with Crippen molar-refractivity contribution < 1.29 is 5.11 Å². The summed E-state index contributed by atoms with van der Waals surface area (Å²) in [6.45, 7) is 19.7. The van der Waals surface area contributed by atoms with E-state index in [1.54, 1.807) is 0 Å². The Hall–Kier alpha value is -6.26. The minimum atomic E-state index is -0.139. The van der Waals surface area contributed by atoms with Crippen molar-refractivity contribution in [3.05, 3.63) is 167 Å². The highest BCUT2D eigenvalue weighted by atomic mass is 16.3. The van der Waals surface area contributed by atoms with E-state index in [-0.39, 0.29) is 16.6 Å². The summed E-state index contributed by atoms with van der Waals surface area (Å²) in [7, 11) is 0. The van der Waals surface area contributed by atoms with Gasteiger partial charge in [-0.25, -0.2) is 4.98 Å². The van der Waals surface area contributed by atoms with Crippen molar-refractivity contribution in [1.29, 1.82) is 0 Å². The van der Waals surface area contributed by atoms with Crippen molar-refractivity contribution in [2.75, 3.05) is 0 Å². The molecular weight excluding hydrogens is 695 g/mol. The molecule has 0 radical (unpaired) electrons. The first-order valence-corrected chi connectivity index (χ1v) is 19.9. The number of aryl methyl sites for hydroxylation is 3. The summed E-state index contributed by atoms with van der Waals surface area (Å²) in [5.74, 6) is 0.945. The van der Waals surface area contributed by atoms with Crippen molar-refractivity contribution in [2.45, 2.75) is 73.1 Å². The standard InChI is InChI=1S/C53H51N3O/c1-33-18-20-36(21-19-33)38-24-25-54-47(31-38)40-28-39(29-41(30-40)52(4,5)6)44-16-13-17-48-49(44)55-51(45-27-34(2)26-35(3)50(45)57)56(48)42-22-23-43(37-14-11-10-12-15-37)46(32-42)53(7,8)9/h10-32,57H,1-9H3. The molecule has 4 heteroatoms. The molecule has 57 heavy (non-hydrogen) atoms. The molecule has 2 aromatic heterocycles. The van der Waals surface area contributed by atoms with Crippen LogP contribution in [-0.2, 0) is 10.8 Å². The lowest BCUT2D eigenvalue weighted by atomic mass is 9.81. The fraction of sp³-hybridized carbons (Fsp3) is 0.208. The van der Waals surface area contributed by atoms with Gasteiger partial charge < -0.3 is 5.11 Å². The molecule has 2 heterocycles. The predicted octanol–water partition coefficient (Wildman–Crippen LogP) is 14.0. The monoisotopic (exact) mass is 745 g/mol. The lowest BCUT2D eigenvalue weighted by molar-refractivity contribution is 0.472. The van der Waals surface area contributed by atoms with E-state index in [4.69, 9.17) is 9.97 Å². The van der Waals surface area contributed by atoms with Crippen LogP contribution in [0.3, 0.4) is 0 Å². The normalized spacial score (nSPS) is 12.0. The molecule has 4 nitrogen and oxygen atoms in total. The molecule has 0 atom stereocenters. The quantitative estimate of drug-likeness (QED) is 0.184. The number of imidazole rings is 1. The predicted molar refractivity (Wildman–Crippen MR) is 239 cm³/mol. The summed E-state index contributed by atoms with van der Waals surface area (Å²) in [6.07, 6.45) is 1.91. The van der Waals surface area contributed by atoms with Gasteiger partial charge in [-0.2, -0.15) is 0 Å². The molecule has 8 aromatic rings. The van der Waals surface area contributed by atoms with Gasteiger partial charge in [0.05, 0.1) is 22.3 Å². The Morgan fingerprint density at radius 1 is 0.526 bits per heavy atom. The molecule has 0 aliphatic heterocycles. The number of aromatic hydroxyl groups is 1. The van der Waals surface area contributed by atoms with Gasteiger partial charge in [0.1, 0.15) is 11.6 Å². The summed E-state index contributed by atoms with van der Waals surface area (Å²) in [5, 5.41) is 11.7. The Balaban J connectivity index is 1.38. The van der Waals surface area contributed by atoms with Crippen molar-refractivity contribution >= 4 is 11.0 Å². The van der Waals surface area contributed by atoms with E-state index in [0.29, 0.717) is 11.4 Å².